The summed E-state index contributed by atoms with van der Waals surface area (Å²) in [5.41, 5.74) is 4.65. The first-order valence-corrected chi connectivity index (χ1v) is 7.08. The van der Waals surface area contributed by atoms with Gasteiger partial charge in [-0.15, -0.1) is 0 Å². The molecular formula is C13H11ClN2S. The summed E-state index contributed by atoms with van der Waals surface area (Å²) in [5, 5.41) is 1.35. The molecule has 86 valence electrons. The van der Waals surface area contributed by atoms with Gasteiger partial charge in [-0.05, 0) is 24.7 Å². The van der Waals surface area contributed by atoms with Gasteiger partial charge in [0.05, 0.1) is 5.69 Å². The molecule has 17 heavy (non-hydrogen) atoms. The maximum atomic E-state index is 6.23. The number of hydrogen-bond acceptors (Lipinski definition) is 3. The van der Waals surface area contributed by atoms with Crippen molar-refractivity contribution in [3.05, 3.63) is 40.5 Å². The van der Waals surface area contributed by atoms with Crippen LogP contribution in [0.3, 0.4) is 0 Å². The Morgan fingerprint density at radius 3 is 2.82 bits per heavy atom. The third kappa shape index (κ3) is 1.83. The second-order valence-electron chi connectivity index (χ2n) is 3.99. The molecule has 0 radical (unpaired) electrons. The molecule has 0 aliphatic heterocycles. The van der Waals surface area contributed by atoms with Crippen LogP contribution in [0.1, 0.15) is 11.1 Å². The zero-order chi connectivity index (χ0) is 11.8. The zero-order valence-corrected chi connectivity index (χ0v) is 11.0. The number of aryl methyl sites for hydroxylation is 1. The number of thioether (sulfide) groups is 1. The third-order valence-electron chi connectivity index (χ3n) is 3.04. The fourth-order valence-corrected chi connectivity index (χ4v) is 2.88. The summed E-state index contributed by atoms with van der Waals surface area (Å²) >= 11 is 7.75. The Hall–Kier alpha value is -1.06. The van der Waals surface area contributed by atoms with Gasteiger partial charge in [-0.2, -0.15) is 0 Å². The maximum absolute atomic E-state index is 6.23. The highest BCUT2D eigenvalue weighted by Gasteiger charge is 2.21. The quantitative estimate of drug-likeness (QED) is 0.446. The molecule has 0 bridgehead atoms. The molecule has 1 aliphatic rings. The van der Waals surface area contributed by atoms with E-state index in [1.807, 2.05) is 12.3 Å². The predicted octanol–water partition coefficient (Wildman–Crippen LogP) is 3.62. The van der Waals surface area contributed by atoms with Crippen LogP contribution in [0.25, 0.3) is 11.3 Å². The van der Waals surface area contributed by atoms with Crippen LogP contribution in [0.15, 0.2) is 29.4 Å². The van der Waals surface area contributed by atoms with E-state index in [0.29, 0.717) is 5.15 Å². The monoisotopic (exact) mass is 262 g/mol. The standard InChI is InChI=1S/C13H11ClN2S/c1-17-13-15-11-9-5-3-2-4-8(9)6-7-10(11)12(14)16-13/h2-5H,6-7H2,1H3. The molecule has 2 nitrogen and oxygen atoms in total. The van der Waals surface area contributed by atoms with E-state index in [4.69, 9.17) is 11.6 Å². The molecule has 1 aliphatic carbocycles. The Bertz CT molecular complexity index is 584. The maximum Gasteiger partial charge on any atom is 0.189 e. The molecular weight excluding hydrogens is 252 g/mol. The van der Waals surface area contributed by atoms with E-state index in [1.165, 1.54) is 22.9 Å². The van der Waals surface area contributed by atoms with Crippen molar-refractivity contribution in [2.75, 3.05) is 6.26 Å². The van der Waals surface area contributed by atoms with E-state index >= 15 is 0 Å². The van der Waals surface area contributed by atoms with Crippen molar-refractivity contribution in [3.8, 4) is 11.3 Å². The van der Waals surface area contributed by atoms with Crippen LogP contribution in [0.2, 0.25) is 5.15 Å². The number of nitrogens with zero attached hydrogens (tertiary/aromatic N) is 2. The van der Waals surface area contributed by atoms with E-state index in [1.54, 1.807) is 0 Å². The van der Waals surface area contributed by atoms with Crippen LogP contribution < -0.4 is 0 Å². The second-order valence-corrected chi connectivity index (χ2v) is 5.12. The number of aromatic nitrogens is 2. The topological polar surface area (TPSA) is 25.8 Å². The molecule has 0 fully saturated rings. The van der Waals surface area contributed by atoms with Crippen molar-refractivity contribution in [1.29, 1.82) is 0 Å². The Balaban J connectivity index is 2.27. The summed E-state index contributed by atoms with van der Waals surface area (Å²) in [6.45, 7) is 0. The van der Waals surface area contributed by atoms with E-state index in [0.717, 1.165) is 29.3 Å². The summed E-state index contributed by atoms with van der Waals surface area (Å²) in [6.07, 6.45) is 3.91. The normalized spacial score (nSPS) is 13.1. The first-order chi connectivity index (χ1) is 8.29. The number of benzene rings is 1. The highest BCUT2D eigenvalue weighted by atomic mass is 35.5. The highest BCUT2D eigenvalue weighted by molar-refractivity contribution is 7.98. The van der Waals surface area contributed by atoms with Crippen molar-refractivity contribution >= 4 is 23.4 Å². The van der Waals surface area contributed by atoms with Crippen LogP contribution in [-0.2, 0) is 12.8 Å². The minimum Gasteiger partial charge on any atom is -0.222 e. The minimum absolute atomic E-state index is 0.605. The fourth-order valence-electron chi connectivity index (χ4n) is 2.20. The Labute approximate surface area is 109 Å². The zero-order valence-electron chi connectivity index (χ0n) is 9.40. The SMILES string of the molecule is CSc1nc(Cl)c2c(n1)-c1ccccc1CC2. The molecule has 4 heteroatoms. The molecule has 0 unspecified atom stereocenters. The number of rotatable bonds is 1. The molecule has 0 N–H and O–H groups in total. The molecule has 1 aromatic carbocycles. The summed E-state index contributed by atoms with van der Waals surface area (Å²) in [6, 6.07) is 8.39. The Morgan fingerprint density at radius 1 is 1.18 bits per heavy atom. The van der Waals surface area contributed by atoms with E-state index < -0.39 is 0 Å². The second kappa shape index (κ2) is 4.31. The van der Waals surface area contributed by atoms with Crippen molar-refractivity contribution in [1.82, 2.24) is 9.97 Å². The molecule has 0 saturated carbocycles. The van der Waals surface area contributed by atoms with Crippen LogP contribution in [0, 0.1) is 0 Å². The first-order valence-electron chi connectivity index (χ1n) is 5.48. The molecule has 0 amide bonds. The summed E-state index contributed by atoms with van der Waals surface area (Å²) in [5.74, 6) is 0. The number of fused-ring (bicyclic) bond motifs is 3. The summed E-state index contributed by atoms with van der Waals surface area (Å²) in [4.78, 5) is 8.90. The molecule has 0 atom stereocenters. The van der Waals surface area contributed by atoms with Crippen molar-refractivity contribution in [3.63, 3.8) is 0 Å². The van der Waals surface area contributed by atoms with Crippen LogP contribution >= 0.6 is 23.4 Å². The van der Waals surface area contributed by atoms with Gasteiger partial charge in [0, 0.05) is 11.1 Å². The first kappa shape index (κ1) is 11.1. The fraction of sp³-hybridized carbons (Fsp3) is 0.231. The molecule has 2 aromatic rings. The predicted molar refractivity (Wildman–Crippen MR) is 71.7 cm³/mol. The van der Waals surface area contributed by atoms with Crippen LogP contribution in [0.5, 0.6) is 0 Å². The lowest BCUT2D eigenvalue weighted by Crippen LogP contribution is -2.08. The van der Waals surface area contributed by atoms with Gasteiger partial charge in [-0.25, -0.2) is 9.97 Å². The summed E-state index contributed by atoms with van der Waals surface area (Å²) in [7, 11) is 0. The lowest BCUT2D eigenvalue weighted by Gasteiger charge is -2.19. The van der Waals surface area contributed by atoms with Gasteiger partial charge >= 0.3 is 0 Å². The van der Waals surface area contributed by atoms with Gasteiger partial charge in [0.2, 0.25) is 0 Å². The third-order valence-corrected chi connectivity index (χ3v) is 3.90. The highest BCUT2D eigenvalue weighted by Crippen LogP contribution is 2.35. The van der Waals surface area contributed by atoms with Crippen LogP contribution in [0.4, 0.5) is 0 Å². The number of halogens is 1. The smallest absolute Gasteiger partial charge is 0.189 e. The van der Waals surface area contributed by atoms with E-state index in [9.17, 15) is 0 Å². The lowest BCUT2D eigenvalue weighted by molar-refractivity contribution is 0.869. The van der Waals surface area contributed by atoms with Crippen LogP contribution in [-0.4, -0.2) is 16.2 Å². The van der Waals surface area contributed by atoms with Crippen molar-refractivity contribution in [2.24, 2.45) is 0 Å². The van der Waals surface area contributed by atoms with Gasteiger partial charge < -0.3 is 0 Å². The van der Waals surface area contributed by atoms with Crippen molar-refractivity contribution < 1.29 is 0 Å². The minimum atomic E-state index is 0.605. The van der Waals surface area contributed by atoms with Gasteiger partial charge in [-0.1, -0.05) is 47.6 Å². The Kier molecular flexibility index (Phi) is 2.81. The van der Waals surface area contributed by atoms with Gasteiger partial charge in [-0.3, -0.25) is 0 Å². The molecule has 0 spiro atoms. The van der Waals surface area contributed by atoms with E-state index in [-0.39, 0.29) is 0 Å². The average molecular weight is 263 g/mol. The average Bonchev–Trinajstić information content (AvgIpc) is 2.38. The molecule has 3 rings (SSSR count). The Morgan fingerprint density at radius 2 is 2.00 bits per heavy atom. The van der Waals surface area contributed by atoms with Gasteiger partial charge in [0.25, 0.3) is 0 Å². The summed E-state index contributed by atoms with van der Waals surface area (Å²) < 4.78 is 0. The molecule has 1 aromatic heterocycles. The lowest BCUT2D eigenvalue weighted by atomic mass is 9.90. The van der Waals surface area contributed by atoms with E-state index in [2.05, 4.69) is 28.2 Å². The number of hydrogen-bond donors (Lipinski definition) is 0. The molecule has 1 heterocycles. The van der Waals surface area contributed by atoms with Gasteiger partial charge in [0.15, 0.2) is 5.16 Å². The largest absolute Gasteiger partial charge is 0.222 e. The molecule has 0 saturated heterocycles. The van der Waals surface area contributed by atoms with Crippen molar-refractivity contribution in [2.45, 2.75) is 18.0 Å². The van der Waals surface area contributed by atoms with Gasteiger partial charge in [0.1, 0.15) is 5.15 Å².